The Labute approximate surface area is 61.5 Å². The zero-order valence-corrected chi connectivity index (χ0v) is 6.30. The van der Waals surface area contributed by atoms with E-state index in [1.54, 1.807) is 0 Å². The molecule has 1 atom stereocenters. The molecule has 0 heterocycles. The molecule has 2 heteroatoms. The minimum atomic E-state index is -1.02. The van der Waals surface area contributed by atoms with Gasteiger partial charge < -0.3 is 5.11 Å². The summed E-state index contributed by atoms with van der Waals surface area (Å²) < 4.78 is 0. The van der Waals surface area contributed by atoms with E-state index in [0.717, 1.165) is 12.8 Å². The highest BCUT2D eigenvalue weighted by Crippen LogP contribution is 2.37. The second-order valence-corrected chi connectivity index (χ2v) is 3.02. The summed E-state index contributed by atoms with van der Waals surface area (Å²) in [5.74, 6) is 0.252. The van der Waals surface area contributed by atoms with Gasteiger partial charge in [-0.15, -0.1) is 0 Å². The van der Waals surface area contributed by atoms with Crippen molar-refractivity contribution in [2.75, 3.05) is 0 Å². The monoisotopic (exact) mass is 139 g/mol. The highest BCUT2D eigenvalue weighted by Gasteiger charge is 2.38. The summed E-state index contributed by atoms with van der Waals surface area (Å²) in [4.78, 5) is 0. The van der Waals surface area contributed by atoms with Crippen LogP contribution in [-0.4, -0.2) is 10.7 Å². The first-order chi connectivity index (χ1) is 4.73. The van der Waals surface area contributed by atoms with Crippen molar-refractivity contribution in [3.05, 3.63) is 0 Å². The summed E-state index contributed by atoms with van der Waals surface area (Å²) in [7, 11) is 0. The van der Waals surface area contributed by atoms with E-state index in [0.29, 0.717) is 6.42 Å². The SMILES string of the molecule is CCC(O)(C#N)C1CCC1. The molecule has 0 aromatic carbocycles. The van der Waals surface area contributed by atoms with Gasteiger partial charge in [0, 0.05) is 5.92 Å². The van der Waals surface area contributed by atoms with Gasteiger partial charge >= 0.3 is 0 Å². The minimum absolute atomic E-state index is 0.252. The molecule has 0 spiro atoms. The molecule has 1 saturated carbocycles. The molecule has 0 bridgehead atoms. The molecular weight excluding hydrogens is 126 g/mol. The molecule has 0 amide bonds. The third-order valence-electron chi connectivity index (χ3n) is 2.51. The molecule has 1 unspecified atom stereocenters. The maximum absolute atomic E-state index is 9.59. The zero-order valence-electron chi connectivity index (χ0n) is 6.30. The van der Waals surface area contributed by atoms with Crippen molar-refractivity contribution in [1.29, 1.82) is 5.26 Å². The van der Waals surface area contributed by atoms with Crippen LogP contribution >= 0.6 is 0 Å². The predicted octanol–water partition coefficient (Wildman–Crippen LogP) is 1.45. The van der Waals surface area contributed by atoms with Crippen LogP contribution in [-0.2, 0) is 0 Å². The molecule has 1 rings (SSSR count). The standard InChI is InChI=1S/C8H13NO/c1-2-8(10,6-9)7-4-3-5-7/h7,10H,2-5H2,1H3. The smallest absolute Gasteiger partial charge is 0.153 e. The van der Waals surface area contributed by atoms with Gasteiger partial charge in [-0.25, -0.2) is 0 Å². The van der Waals surface area contributed by atoms with Crippen LogP contribution < -0.4 is 0 Å². The summed E-state index contributed by atoms with van der Waals surface area (Å²) in [5, 5.41) is 18.2. The first-order valence-corrected chi connectivity index (χ1v) is 3.86. The minimum Gasteiger partial charge on any atom is -0.375 e. The van der Waals surface area contributed by atoms with Crippen LogP contribution in [0.3, 0.4) is 0 Å². The molecule has 10 heavy (non-hydrogen) atoms. The van der Waals surface area contributed by atoms with Crippen molar-refractivity contribution in [3.8, 4) is 6.07 Å². The quantitative estimate of drug-likeness (QED) is 0.588. The second-order valence-electron chi connectivity index (χ2n) is 3.02. The Morgan fingerprint density at radius 3 is 2.40 bits per heavy atom. The number of hydrogen-bond acceptors (Lipinski definition) is 2. The number of nitriles is 1. The van der Waals surface area contributed by atoms with Gasteiger partial charge in [-0.2, -0.15) is 5.26 Å². The van der Waals surface area contributed by atoms with Crippen molar-refractivity contribution in [3.63, 3.8) is 0 Å². The lowest BCUT2D eigenvalue weighted by molar-refractivity contribution is -0.00459. The predicted molar refractivity (Wildman–Crippen MR) is 38.2 cm³/mol. The Morgan fingerprint density at radius 2 is 2.30 bits per heavy atom. The van der Waals surface area contributed by atoms with Crippen LogP contribution in [0.4, 0.5) is 0 Å². The van der Waals surface area contributed by atoms with Gasteiger partial charge in [0.15, 0.2) is 5.60 Å². The normalized spacial score (nSPS) is 24.5. The Bertz CT molecular complexity index is 157. The van der Waals surface area contributed by atoms with Gasteiger partial charge in [0.05, 0.1) is 6.07 Å². The first kappa shape index (κ1) is 7.56. The van der Waals surface area contributed by atoms with E-state index >= 15 is 0 Å². The highest BCUT2D eigenvalue weighted by molar-refractivity contribution is 5.05. The number of hydrogen-bond donors (Lipinski definition) is 1. The van der Waals surface area contributed by atoms with Crippen LogP contribution in [0, 0.1) is 17.2 Å². The molecular formula is C8H13NO. The molecule has 2 nitrogen and oxygen atoms in total. The number of aliphatic hydroxyl groups is 1. The van der Waals surface area contributed by atoms with Crippen LogP contribution in [0.1, 0.15) is 32.6 Å². The van der Waals surface area contributed by atoms with Crippen molar-refractivity contribution in [1.82, 2.24) is 0 Å². The fourth-order valence-electron chi connectivity index (χ4n) is 1.34. The average molecular weight is 139 g/mol. The molecule has 56 valence electrons. The van der Waals surface area contributed by atoms with E-state index in [9.17, 15) is 5.11 Å². The first-order valence-electron chi connectivity index (χ1n) is 3.86. The van der Waals surface area contributed by atoms with Crippen LogP contribution in [0.2, 0.25) is 0 Å². The summed E-state index contributed by atoms with van der Waals surface area (Å²) in [6.07, 6.45) is 3.79. The zero-order chi connectivity index (χ0) is 7.61. The topological polar surface area (TPSA) is 44.0 Å². The Hall–Kier alpha value is -0.550. The third-order valence-corrected chi connectivity index (χ3v) is 2.51. The Balaban J connectivity index is 2.55. The van der Waals surface area contributed by atoms with Crippen molar-refractivity contribution < 1.29 is 5.11 Å². The van der Waals surface area contributed by atoms with E-state index in [-0.39, 0.29) is 5.92 Å². The van der Waals surface area contributed by atoms with Crippen LogP contribution in [0.5, 0.6) is 0 Å². The van der Waals surface area contributed by atoms with Crippen LogP contribution in [0.25, 0.3) is 0 Å². The fraction of sp³-hybridized carbons (Fsp3) is 0.875. The lowest BCUT2D eigenvalue weighted by Crippen LogP contribution is -2.39. The van der Waals surface area contributed by atoms with E-state index in [4.69, 9.17) is 5.26 Å². The van der Waals surface area contributed by atoms with Gasteiger partial charge in [0.1, 0.15) is 0 Å². The van der Waals surface area contributed by atoms with Gasteiger partial charge in [-0.05, 0) is 19.3 Å². The fourth-order valence-corrected chi connectivity index (χ4v) is 1.34. The van der Waals surface area contributed by atoms with E-state index in [1.165, 1.54) is 6.42 Å². The molecule has 1 aliphatic carbocycles. The van der Waals surface area contributed by atoms with Gasteiger partial charge in [-0.3, -0.25) is 0 Å². The van der Waals surface area contributed by atoms with E-state index in [2.05, 4.69) is 0 Å². The molecule has 0 aromatic heterocycles. The van der Waals surface area contributed by atoms with Crippen molar-refractivity contribution in [2.24, 2.45) is 5.92 Å². The van der Waals surface area contributed by atoms with Gasteiger partial charge in [-0.1, -0.05) is 13.3 Å². The third kappa shape index (κ3) is 1.02. The molecule has 0 aliphatic heterocycles. The number of nitrogens with zero attached hydrogens (tertiary/aromatic N) is 1. The van der Waals surface area contributed by atoms with Gasteiger partial charge in [0.2, 0.25) is 0 Å². The Morgan fingerprint density at radius 1 is 1.70 bits per heavy atom. The van der Waals surface area contributed by atoms with E-state index in [1.807, 2.05) is 13.0 Å². The van der Waals surface area contributed by atoms with Crippen LogP contribution in [0.15, 0.2) is 0 Å². The average Bonchev–Trinajstić information content (AvgIpc) is 1.84. The van der Waals surface area contributed by atoms with Gasteiger partial charge in [0.25, 0.3) is 0 Å². The van der Waals surface area contributed by atoms with E-state index < -0.39 is 5.60 Å². The molecule has 0 aromatic rings. The summed E-state index contributed by atoms with van der Waals surface area (Å²) in [5.41, 5.74) is -1.02. The van der Waals surface area contributed by atoms with Crippen molar-refractivity contribution in [2.45, 2.75) is 38.2 Å². The maximum Gasteiger partial charge on any atom is 0.153 e. The molecule has 1 fully saturated rings. The molecule has 1 aliphatic rings. The lowest BCUT2D eigenvalue weighted by atomic mass is 9.72. The maximum atomic E-state index is 9.59. The summed E-state index contributed by atoms with van der Waals surface area (Å²) in [6.45, 7) is 1.86. The Kier molecular flexibility index (Phi) is 1.96. The summed E-state index contributed by atoms with van der Waals surface area (Å²) >= 11 is 0. The second kappa shape index (κ2) is 2.59. The highest BCUT2D eigenvalue weighted by atomic mass is 16.3. The molecule has 1 N–H and O–H groups in total. The van der Waals surface area contributed by atoms with Crippen molar-refractivity contribution >= 4 is 0 Å². The lowest BCUT2D eigenvalue weighted by Gasteiger charge is -2.35. The largest absolute Gasteiger partial charge is 0.375 e. The molecule has 0 saturated heterocycles. The number of rotatable bonds is 2. The molecule has 0 radical (unpaired) electrons. The summed E-state index contributed by atoms with van der Waals surface area (Å²) in [6, 6.07) is 1.99.